The van der Waals surface area contributed by atoms with Crippen LogP contribution < -0.4 is 5.32 Å². The van der Waals surface area contributed by atoms with Crippen LogP contribution in [-0.2, 0) is 19.1 Å². The Hall–Kier alpha value is -1.96. The maximum atomic E-state index is 13.6. The summed E-state index contributed by atoms with van der Waals surface area (Å²) in [5.74, 6) is -0.118. The Kier molecular flexibility index (Phi) is 5.90. The van der Waals surface area contributed by atoms with E-state index in [0.29, 0.717) is 19.7 Å². The van der Waals surface area contributed by atoms with Gasteiger partial charge in [0.15, 0.2) is 6.10 Å². The molecule has 0 saturated carbocycles. The summed E-state index contributed by atoms with van der Waals surface area (Å²) in [5.41, 5.74) is 0.668. The van der Waals surface area contributed by atoms with Crippen LogP contribution in [0, 0.1) is 0 Å². The topological polar surface area (TPSA) is 71.1 Å². The van der Waals surface area contributed by atoms with Gasteiger partial charge in [-0.15, -0.1) is 0 Å². The van der Waals surface area contributed by atoms with E-state index >= 15 is 0 Å². The van der Waals surface area contributed by atoms with Gasteiger partial charge in [-0.2, -0.15) is 0 Å². The molecule has 0 bridgehead atoms. The van der Waals surface area contributed by atoms with Gasteiger partial charge in [0.2, 0.25) is 5.91 Å². The van der Waals surface area contributed by atoms with Crippen molar-refractivity contribution < 1.29 is 19.1 Å². The predicted molar refractivity (Wildman–Crippen MR) is 108 cm³/mol. The summed E-state index contributed by atoms with van der Waals surface area (Å²) in [4.78, 5) is 30.0. The third-order valence-corrected chi connectivity index (χ3v) is 6.28. The number of nitrogens with zero attached hydrogens (tertiary/aromatic N) is 2. The summed E-state index contributed by atoms with van der Waals surface area (Å²) in [6.45, 7) is 7.42. The Labute approximate surface area is 172 Å². The highest BCUT2D eigenvalue weighted by atomic mass is 16.5. The van der Waals surface area contributed by atoms with Crippen LogP contribution in [0.2, 0.25) is 0 Å². The van der Waals surface area contributed by atoms with Crippen LogP contribution in [0.5, 0.6) is 0 Å². The van der Waals surface area contributed by atoms with Crippen LogP contribution in [0.1, 0.15) is 38.3 Å². The first kappa shape index (κ1) is 20.3. The molecule has 1 N–H and O–H groups in total. The first-order valence-electron chi connectivity index (χ1n) is 10.6. The van der Waals surface area contributed by atoms with Gasteiger partial charge in [0, 0.05) is 19.1 Å². The standard InChI is InChI=1S/C22H31N3O4/c1-16(2)25-18(26)14-28-20(19(25)17-6-4-3-5-7-17)21(27)24-12-13-29-22(15-24)8-10-23-11-9-22/h3-7,16,19-20,23H,8-15H2,1-2H3/t19-,20+/m1/s1. The third kappa shape index (κ3) is 4.04. The lowest BCUT2D eigenvalue weighted by atomic mass is 9.89. The number of morpholine rings is 2. The largest absolute Gasteiger partial charge is 0.371 e. The van der Waals surface area contributed by atoms with Crippen LogP contribution in [0.15, 0.2) is 30.3 Å². The molecule has 7 nitrogen and oxygen atoms in total. The summed E-state index contributed by atoms with van der Waals surface area (Å²) in [7, 11) is 0. The molecular formula is C22H31N3O4. The Bertz CT molecular complexity index is 727. The molecule has 3 aliphatic heterocycles. The minimum Gasteiger partial charge on any atom is -0.371 e. The molecule has 158 valence electrons. The molecule has 4 rings (SSSR count). The maximum Gasteiger partial charge on any atom is 0.254 e. The van der Waals surface area contributed by atoms with Crippen LogP contribution >= 0.6 is 0 Å². The van der Waals surface area contributed by atoms with Gasteiger partial charge in [-0.1, -0.05) is 30.3 Å². The number of hydrogen-bond donors (Lipinski definition) is 1. The number of carbonyl (C=O) groups excluding carboxylic acids is 2. The fourth-order valence-corrected chi connectivity index (χ4v) is 4.83. The molecule has 0 aromatic heterocycles. The molecule has 3 saturated heterocycles. The lowest BCUT2D eigenvalue weighted by Gasteiger charge is -2.48. The molecule has 0 aliphatic carbocycles. The van der Waals surface area contributed by atoms with Crippen molar-refractivity contribution in [3.05, 3.63) is 35.9 Å². The van der Waals surface area contributed by atoms with E-state index in [1.807, 2.05) is 54.0 Å². The van der Waals surface area contributed by atoms with Gasteiger partial charge in [-0.3, -0.25) is 9.59 Å². The number of benzene rings is 1. The number of rotatable bonds is 3. The second-order valence-corrected chi connectivity index (χ2v) is 8.52. The average molecular weight is 402 g/mol. The molecule has 2 atom stereocenters. The highest BCUT2D eigenvalue weighted by Crippen LogP contribution is 2.34. The normalized spacial score (nSPS) is 27.5. The molecule has 29 heavy (non-hydrogen) atoms. The zero-order valence-electron chi connectivity index (χ0n) is 17.3. The second kappa shape index (κ2) is 8.42. The van der Waals surface area contributed by atoms with E-state index in [9.17, 15) is 9.59 Å². The number of ether oxygens (including phenoxy) is 2. The van der Waals surface area contributed by atoms with E-state index in [2.05, 4.69) is 5.32 Å². The van der Waals surface area contributed by atoms with Gasteiger partial charge in [0.1, 0.15) is 6.61 Å². The van der Waals surface area contributed by atoms with E-state index in [4.69, 9.17) is 9.47 Å². The number of nitrogens with one attached hydrogen (secondary N) is 1. The molecule has 1 aromatic carbocycles. The maximum absolute atomic E-state index is 13.6. The SMILES string of the molecule is CC(C)N1C(=O)CO[C@H](C(=O)N2CCOC3(CCNCC3)C2)[C@H]1c1ccccc1. The first-order valence-corrected chi connectivity index (χ1v) is 10.6. The van der Waals surface area contributed by atoms with Gasteiger partial charge in [-0.05, 0) is 45.3 Å². The van der Waals surface area contributed by atoms with Crippen molar-refractivity contribution in [1.29, 1.82) is 0 Å². The summed E-state index contributed by atoms with van der Waals surface area (Å²) in [6.07, 6.45) is 1.11. The van der Waals surface area contributed by atoms with Gasteiger partial charge in [0.25, 0.3) is 5.91 Å². The van der Waals surface area contributed by atoms with Crippen molar-refractivity contribution >= 4 is 11.8 Å². The fourth-order valence-electron chi connectivity index (χ4n) is 4.83. The van der Waals surface area contributed by atoms with Crippen LogP contribution in [0.3, 0.4) is 0 Å². The molecule has 0 radical (unpaired) electrons. The number of hydrogen-bond acceptors (Lipinski definition) is 5. The Balaban J connectivity index is 1.60. The zero-order chi connectivity index (χ0) is 20.4. The van der Waals surface area contributed by atoms with Crippen molar-refractivity contribution in [2.45, 2.75) is 50.5 Å². The number of amides is 2. The van der Waals surface area contributed by atoms with Crippen molar-refractivity contribution in [3.63, 3.8) is 0 Å². The monoisotopic (exact) mass is 401 g/mol. The summed E-state index contributed by atoms with van der Waals surface area (Å²) >= 11 is 0. The molecule has 2 amide bonds. The quantitative estimate of drug-likeness (QED) is 0.828. The van der Waals surface area contributed by atoms with E-state index < -0.39 is 12.1 Å². The molecule has 3 fully saturated rings. The molecule has 3 heterocycles. The highest BCUT2D eigenvalue weighted by Gasteiger charge is 2.47. The molecule has 0 unspecified atom stereocenters. The summed E-state index contributed by atoms with van der Waals surface area (Å²) in [5, 5.41) is 3.36. The highest BCUT2D eigenvalue weighted by molar-refractivity contribution is 5.86. The third-order valence-electron chi connectivity index (χ3n) is 6.28. The predicted octanol–water partition coefficient (Wildman–Crippen LogP) is 1.34. The van der Waals surface area contributed by atoms with Crippen molar-refractivity contribution in [1.82, 2.24) is 15.1 Å². The second-order valence-electron chi connectivity index (χ2n) is 8.52. The van der Waals surface area contributed by atoms with Crippen molar-refractivity contribution in [2.75, 3.05) is 39.4 Å². The average Bonchev–Trinajstić information content (AvgIpc) is 2.74. The first-order chi connectivity index (χ1) is 14.0. The summed E-state index contributed by atoms with van der Waals surface area (Å²) in [6, 6.07) is 9.31. The van der Waals surface area contributed by atoms with E-state index in [1.165, 1.54) is 0 Å². The van der Waals surface area contributed by atoms with Crippen LogP contribution in [0.25, 0.3) is 0 Å². The van der Waals surface area contributed by atoms with Gasteiger partial charge in [0.05, 0.1) is 18.2 Å². The Morgan fingerprint density at radius 3 is 2.62 bits per heavy atom. The Morgan fingerprint density at radius 2 is 1.93 bits per heavy atom. The van der Waals surface area contributed by atoms with Gasteiger partial charge < -0.3 is 24.6 Å². The molecule has 1 spiro atoms. The number of carbonyl (C=O) groups is 2. The lowest BCUT2D eigenvalue weighted by molar-refractivity contribution is -0.181. The van der Waals surface area contributed by atoms with Crippen molar-refractivity contribution in [3.8, 4) is 0 Å². The van der Waals surface area contributed by atoms with E-state index in [1.54, 1.807) is 0 Å². The lowest BCUT2D eigenvalue weighted by Crippen LogP contribution is -2.62. The fraction of sp³-hybridized carbons (Fsp3) is 0.636. The molecule has 1 aromatic rings. The molecule has 3 aliphatic rings. The summed E-state index contributed by atoms with van der Waals surface area (Å²) < 4.78 is 12.0. The molecular weight excluding hydrogens is 370 g/mol. The minimum absolute atomic E-state index is 0.0210. The van der Waals surface area contributed by atoms with Crippen LogP contribution in [-0.4, -0.2) is 78.8 Å². The van der Waals surface area contributed by atoms with Gasteiger partial charge >= 0.3 is 0 Å². The van der Waals surface area contributed by atoms with Crippen molar-refractivity contribution in [2.24, 2.45) is 0 Å². The minimum atomic E-state index is -0.700. The van der Waals surface area contributed by atoms with E-state index in [0.717, 1.165) is 31.5 Å². The van der Waals surface area contributed by atoms with Gasteiger partial charge in [-0.25, -0.2) is 0 Å². The van der Waals surface area contributed by atoms with E-state index in [-0.39, 0.29) is 30.1 Å². The van der Waals surface area contributed by atoms with Crippen LogP contribution in [0.4, 0.5) is 0 Å². The smallest absolute Gasteiger partial charge is 0.254 e. The molecule has 7 heteroatoms. The Morgan fingerprint density at radius 1 is 1.21 bits per heavy atom. The number of piperidine rings is 1. The zero-order valence-corrected chi connectivity index (χ0v) is 17.3.